The Bertz CT molecular complexity index is 1450. The largest absolute Gasteiger partial charge is 0.462 e. The lowest BCUT2D eigenvalue weighted by molar-refractivity contribution is 0.0524. The van der Waals surface area contributed by atoms with Gasteiger partial charge in [0, 0.05) is 34.0 Å². The molecule has 0 aliphatic heterocycles. The van der Waals surface area contributed by atoms with Crippen molar-refractivity contribution in [1.82, 2.24) is 4.57 Å². The third-order valence-electron chi connectivity index (χ3n) is 6.61. The van der Waals surface area contributed by atoms with Crippen molar-refractivity contribution in [3.05, 3.63) is 117 Å². The third kappa shape index (κ3) is 3.95. The van der Waals surface area contributed by atoms with E-state index in [9.17, 15) is 14.4 Å². The Labute approximate surface area is 214 Å². The van der Waals surface area contributed by atoms with Crippen LogP contribution in [-0.2, 0) is 11.3 Å². The van der Waals surface area contributed by atoms with Gasteiger partial charge in [-0.1, -0.05) is 78.3 Å². The molecule has 1 aliphatic rings. The molecule has 5 nitrogen and oxygen atoms in total. The molecule has 0 atom stereocenters. The van der Waals surface area contributed by atoms with E-state index in [1.807, 2.05) is 66.1 Å². The summed E-state index contributed by atoms with van der Waals surface area (Å²) in [7, 11) is 0. The van der Waals surface area contributed by atoms with Crippen molar-refractivity contribution >= 4 is 29.1 Å². The van der Waals surface area contributed by atoms with Gasteiger partial charge >= 0.3 is 5.97 Å². The fourth-order valence-corrected chi connectivity index (χ4v) is 5.11. The fourth-order valence-electron chi connectivity index (χ4n) is 4.99. The molecule has 0 bridgehead atoms. The molecule has 1 aromatic heterocycles. The monoisotopic (exact) mass is 497 g/mol. The molecular weight excluding hydrogens is 474 g/mol. The number of nitrogens with zero attached hydrogens (tertiary/aromatic N) is 1. The van der Waals surface area contributed by atoms with Crippen LogP contribution in [0.2, 0.25) is 5.02 Å². The predicted molar refractivity (Wildman–Crippen MR) is 139 cm³/mol. The van der Waals surface area contributed by atoms with Gasteiger partial charge in [-0.2, -0.15) is 0 Å². The molecule has 4 aromatic rings. The van der Waals surface area contributed by atoms with Crippen molar-refractivity contribution < 1.29 is 19.1 Å². The van der Waals surface area contributed by atoms with Crippen LogP contribution in [0.4, 0.5) is 0 Å². The number of fused-ring (bicyclic) bond motifs is 1. The van der Waals surface area contributed by atoms with Gasteiger partial charge in [0.2, 0.25) is 0 Å². The topological polar surface area (TPSA) is 65.4 Å². The lowest BCUT2D eigenvalue weighted by Crippen LogP contribution is -2.18. The maximum atomic E-state index is 13.6. The number of hydrogen-bond acceptors (Lipinski definition) is 4. The number of ether oxygens (including phenoxy) is 1. The second-order valence-electron chi connectivity index (χ2n) is 8.73. The number of hydrogen-bond donors (Lipinski definition) is 0. The number of Topliss-reactive ketones (excluding diaryl/α,β-unsaturated/α-hetero) is 2. The van der Waals surface area contributed by atoms with E-state index in [0.717, 1.165) is 11.1 Å². The number of esters is 1. The van der Waals surface area contributed by atoms with Crippen LogP contribution in [0.1, 0.15) is 60.7 Å². The number of benzene rings is 3. The average Bonchev–Trinajstić information content (AvgIpc) is 3.31. The molecule has 180 valence electrons. The maximum absolute atomic E-state index is 13.6. The van der Waals surface area contributed by atoms with Crippen LogP contribution < -0.4 is 0 Å². The Hall–Kier alpha value is -3.96. The van der Waals surface area contributed by atoms with E-state index in [-0.39, 0.29) is 23.7 Å². The number of halogens is 1. The molecule has 0 spiro atoms. The number of ketones is 2. The van der Waals surface area contributed by atoms with Crippen molar-refractivity contribution in [2.24, 2.45) is 0 Å². The van der Waals surface area contributed by atoms with Gasteiger partial charge in [0.1, 0.15) is 5.92 Å². The van der Waals surface area contributed by atoms with Crippen LogP contribution in [-0.4, -0.2) is 28.7 Å². The molecule has 0 unspecified atom stereocenters. The molecular formula is C30H24ClNO4. The smallest absolute Gasteiger partial charge is 0.340 e. The normalized spacial score (nSPS) is 13.2. The number of carbonyl (C=O) groups excluding carboxylic acids is 3. The first kappa shape index (κ1) is 23.8. The zero-order valence-corrected chi connectivity index (χ0v) is 20.7. The zero-order valence-electron chi connectivity index (χ0n) is 20.0. The molecule has 3 aromatic carbocycles. The van der Waals surface area contributed by atoms with Crippen LogP contribution in [0.25, 0.3) is 11.3 Å². The van der Waals surface area contributed by atoms with E-state index in [4.69, 9.17) is 16.3 Å². The van der Waals surface area contributed by atoms with E-state index in [0.29, 0.717) is 39.6 Å². The summed E-state index contributed by atoms with van der Waals surface area (Å²) in [6.07, 6.45) is 0. The van der Waals surface area contributed by atoms with Gasteiger partial charge in [0.25, 0.3) is 0 Å². The van der Waals surface area contributed by atoms with Gasteiger partial charge in [-0.3, -0.25) is 9.59 Å². The quantitative estimate of drug-likeness (QED) is 0.225. The summed E-state index contributed by atoms with van der Waals surface area (Å²) in [6, 6.07) is 23.8. The summed E-state index contributed by atoms with van der Waals surface area (Å²) in [6.45, 7) is 4.15. The van der Waals surface area contributed by atoms with E-state index in [2.05, 4.69) is 0 Å². The molecule has 1 heterocycles. The standard InChI is InChI=1S/C30H24ClNO4/c1-3-36-30(35)24-18(2)32(17-19-13-15-21(31)16-14-19)27(20-9-5-4-6-10-20)25(24)26-28(33)22-11-7-8-12-23(22)29(26)34/h4-16,26H,3,17H2,1-2H3. The highest BCUT2D eigenvalue weighted by molar-refractivity contribution is 6.31. The van der Waals surface area contributed by atoms with Crippen LogP contribution in [0, 0.1) is 6.92 Å². The third-order valence-corrected chi connectivity index (χ3v) is 6.86. The highest BCUT2D eigenvalue weighted by Gasteiger charge is 2.44. The predicted octanol–water partition coefficient (Wildman–Crippen LogP) is 6.50. The Kier molecular flexibility index (Phi) is 6.33. The minimum absolute atomic E-state index is 0.174. The summed E-state index contributed by atoms with van der Waals surface area (Å²) in [5.41, 5.74) is 4.48. The van der Waals surface area contributed by atoms with Crippen LogP contribution >= 0.6 is 11.6 Å². The summed E-state index contributed by atoms with van der Waals surface area (Å²) in [4.78, 5) is 40.6. The molecule has 0 saturated carbocycles. The average molecular weight is 498 g/mol. The van der Waals surface area contributed by atoms with E-state index in [1.165, 1.54) is 0 Å². The lowest BCUT2D eigenvalue weighted by Gasteiger charge is -2.16. The fraction of sp³-hybridized carbons (Fsp3) is 0.167. The van der Waals surface area contributed by atoms with Gasteiger partial charge in [-0.15, -0.1) is 0 Å². The Morgan fingerprint density at radius 2 is 1.47 bits per heavy atom. The van der Waals surface area contributed by atoms with Crippen molar-refractivity contribution in [2.75, 3.05) is 6.61 Å². The van der Waals surface area contributed by atoms with Crippen molar-refractivity contribution in [3.8, 4) is 11.3 Å². The molecule has 1 aliphatic carbocycles. The van der Waals surface area contributed by atoms with Crippen LogP contribution in [0.5, 0.6) is 0 Å². The van der Waals surface area contributed by atoms with Gasteiger partial charge in [-0.05, 0) is 37.1 Å². The molecule has 0 fully saturated rings. The zero-order chi connectivity index (χ0) is 25.4. The summed E-state index contributed by atoms with van der Waals surface area (Å²) in [5, 5.41) is 0.624. The molecule has 0 amide bonds. The molecule has 0 radical (unpaired) electrons. The van der Waals surface area contributed by atoms with Gasteiger partial charge < -0.3 is 9.30 Å². The van der Waals surface area contributed by atoms with Gasteiger partial charge in [0.15, 0.2) is 11.6 Å². The highest BCUT2D eigenvalue weighted by atomic mass is 35.5. The SMILES string of the molecule is CCOC(=O)c1c(C2C(=O)c3ccccc3C2=O)c(-c2ccccc2)n(Cc2ccc(Cl)cc2)c1C. The van der Waals surface area contributed by atoms with E-state index < -0.39 is 11.9 Å². The number of carbonyl (C=O) groups is 3. The van der Waals surface area contributed by atoms with Crippen molar-refractivity contribution in [1.29, 1.82) is 0 Å². The van der Waals surface area contributed by atoms with Crippen molar-refractivity contribution in [2.45, 2.75) is 26.3 Å². The highest BCUT2D eigenvalue weighted by Crippen LogP contribution is 2.43. The first-order valence-corrected chi connectivity index (χ1v) is 12.2. The summed E-state index contributed by atoms with van der Waals surface area (Å²) >= 11 is 6.10. The van der Waals surface area contributed by atoms with E-state index >= 15 is 0 Å². The molecule has 36 heavy (non-hydrogen) atoms. The minimum Gasteiger partial charge on any atom is -0.462 e. The molecule has 0 N–H and O–H groups in total. The number of aromatic nitrogens is 1. The summed E-state index contributed by atoms with van der Waals surface area (Å²) < 4.78 is 7.42. The van der Waals surface area contributed by atoms with Gasteiger partial charge in [-0.25, -0.2) is 4.79 Å². The molecule has 6 heteroatoms. The first-order valence-electron chi connectivity index (χ1n) is 11.8. The maximum Gasteiger partial charge on any atom is 0.340 e. The van der Waals surface area contributed by atoms with E-state index in [1.54, 1.807) is 31.2 Å². The lowest BCUT2D eigenvalue weighted by atomic mass is 9.88. The first-order chi connectivity index (χ1) is 17.4. The Morgan fingerprint density at radius 3 is 2.06 bits per heavy atom. The molecule has 0 saturated heterocycles. The van der Waals surface area contributed by atoms with Crippen LogP contribution in [0.3, 0.4) is 0 Å². The Morgan fingerprint density at radius 1 is 0.889 bits per heavy atom. The second-order valence-corrected chi connectivity index (χ2v) is 9.17. The molecule has 5 rings (SSSR count). The van der Waals surface area contributed by atoms with Crippen molar-refractivity contribution in [3.63, 3.8) is 0 Å². The summed E-state index contributed by atoms with van der Waals surface area (Å²) in [5.74, 6) is -2.28. The second kappa shape index (κ2) is 9.59. The van der Waals surface area contributed by atoms with Crippen LogP contribution in [0.15, 0.2) is 78.9 Å². The minimum atomic E-state index is -1.12. The van der Waals surface area contributed by atoms with Gasteiger partial charge in [0.05, 0.1) is 17.9 Å². The number of rotatable bonds is 6. The Balaban J connectivity index is 1.80.